The molecule has 0 saturated carbocycles. The minimum atomic E-state index is 0.587. The van der Waals surface area contributed by atoms with Crippen molar-refractivity contribution >= 4 is 17.0 Å². The van der Waals surface area contributed by atoms with Crippen LogP contribution in [0.3, 0.4) is 0 Å². The number of H-pyrrole nitrogens is 1. The lowest BCUT2D eigenvalue weighted by Gasteiger charge is -2.04. The van der Waals surface area contributed by atoms with Gasteiger partial charge in [-0.1, -0.05) is 6.07 Å². The average molecular weight is 272 g/mol. The van der Waals surface area contributed by atoms with Crippen molar-refractivity contribution in [3.05, 3.63) is 35.7 Å². The zero-order valence-electron chi connectivity index (χ0n) is 10.3. The number of hydrogen-bond acceptors (Lipinski definition) is 5. The number of anilines is 1. The van der Waals surface area contributed by atoms with Gasteiger partial charge in [-0.25, -0.2) is 4.98 Å². The van der Waals surface area contributed by atoms with Crippen LogP contribution in [0.4, 0.5) is 5.69 Å². The average Bonchev–Trinajstić information content (AvgIpc) is 3.09. The highest BCUT2D eigenvalue weighted by Gasteiger charge is 2.11. The molecular weight excluding hydrogens is 260 g/mol. The number of nitrogens with zero attached hydrogens (tertiary/aromatic N) is 2. The second-order valence-electron chi connectivity index (χ2n) is 3.94. The number of thiophene rings is 1. The maximum atomic E-state index is 5.99. The Morgan fingerprint density at radius 2 is 2.21 bits per heavy atom. The number of rotatable bonds is 3. The van der Waals surface area contributed by atoms with Crippen molar-refractivity contribution < 1.29 is 4.74 Å². The van der Waals surface area contributed by atoms with Crippen LogP contribution in [0.5, 0.6) is 5.75 Å². The number of benzene rings is 1. The van der Waals surface area contributed by atoms with Crippen LogP contribution >= 0.6 is 11.3 Å². The number of hydrogen-bond donors (Lipinski definition) is 2. The lowest BCUT2D eigenvalue weighted by molar-refractivity contribution is 0.415. The first-order valence-corrected chi connectivity index (χ1v) is 6.56. The number of methoxy groups -OCH3 is 1. The molecule has 3 rings (SSSR count). The van der Waals surface area contributed by atoms with E-state index in [-0.39, 0.29) is 0 Å². The standard InChI is InChI=1S/C13H12N4OS/c1-18-8-4-5-9(10(14)7-8)12-15-13(17-16-12)11-3-2-6-19-11/h2-7H,14H2,1H3,(H,15,16,17). The lowest BCUT2D eigenvalue weighted by atomic mass is 10.1. The molecule has 0 amide bonds. The predicted octanol–water partition coefficient (Wildman–Crippen LogP) is 2.79. The number of nitrogen functional groups attached to an aromatic ring is 1. The minimum Gasteiger partial charge on any atom is -0.497 e. The molecule has 0 fully saturated rings. The van der Waals surface area contributed by atoms with Gasteiger partial charge in [-0.2, -0.15) is 5.10 Å². The van der Waals surface area contributed by atoms with Crippen molar-refractivity contribution in [3.63, 3.8) is 0 Å². The van der Waals surface area contributed by atoms with E-state index in [2.05, 4.69) is 15.2 Å². The maximum absolute atomic E-state index is 5.99. The normalized spacial score (nSPS) is 10.6. The van der Waals surface area contributed by atoms with E-state index >= 15 is 0 Å². The van der Waals surface area contributed by atoms with Gasteiger partial charge in [0.25, 0.3) is 0 Å². The Hall–Kier alpha value is -2.34. The van der Waals surface area contributed by atoms with Crippen LogP contribution in [-0.2, 0) is 0 Å². The van der Waals surface area contributed by atoms with Gasteiger partial charge >= 0.3 is 0 Å². The number of ether oxygens (including phenoxy) is 1. The van der Waals surface area contributed by atoms with Crippen LogP contribution in [0.25, 0.3) is 22.1 Å². The molecule has 2 aromatic heterocycles. The summed E-state index contributed by atoms with van der Waals surface area (Å²) in [6, 6.07) is 9.43. The molecule has 3 aromatic rings. The predicted molar refractivity (Wildman–Crippen MR) is 76.1 cm³/mol. The van der Waals surface area contributed by atoms with Crippen molar-refractivity contribution in [3.8, 4) is 27.8 Å². The number of aromatic nitrogens is 3. The van der Waals surface area contributed by atoms with E-state index in [9.17, 15) is 0 Å². The Balaban J connectivity index is 1.99. The lowest BCUT2D eigenvalue weighted by Crippen LogP contribution is -1.93. The highest BCUT2D eigenvalue weighted by Crippen LogP contribution is 2.29. The summed E-state index contributed by atoms with van der Waals surface area (Å²) < 4.78 is 5.12. The van der Waals surface area contributed by atoms with Gasteiger partial charge in [-0.15, -0.1) is 11.3 Å². The largest absolute Gasteiger partial charge is 0.497 e. The monoisotopic (exact) mass is 272 g/mol. The maximum Gasteiger partial charge on any atom is 0.183 e. The van der Waals surface area contributed by atoms with Crippen molar-refractivity contribution in [1.29, 1.82) is 0 Å². The molecule has 0 bridgehead atoms. The first-order chi connectivity index (χ1) is 9.28. The van der Waals surface area contributed by atoms with Gasteiger partial charge < -0.3 is 10.5 Å². The van der Waals surface area contributed by atoms with E-state index in [1.807, 2.05) is 29.6 Å². The van der Waals surface area contributed by atoms with Crippen LogP contribution in [-0.4, -0.2) is 22.3 Å². The number of nitrogens with two attached hydrogens (primary N) is 1. The number of nitrogens with one attached hydrogen (secondary N) is 1. The van der Waals surface area contributed by atoms with E-state index in [1.54, 1.807) is 24.5 Å². The fraction of sp³-hybridized carbons (Fsp3) is 0.0769. The molecule has 0 unspecified atom stereocenters. The third-order valence-corrected chi connectivity index (χ3v) is 3.62. The first-order valence-electron chi connectivity index (χ1n) is 5.68. The Labute approximate surface area is 114 Å². The Morgan fingerprint density at radius 3 is 2.89 bits per heavy atom. The van der Waals surface area contributed by atoms with E-state index < -0.39 is 0 Å². The fourth-order valence-corrected chi connectivity index (χ4v) is 2.44. The summed E-state index contributed by atoms with van der Waals surface area (Å²) in [4.78, 5) is 5.51. The van der Waals surface area contributed by atoms with E-state index in [0.717, 1.165) is 22.0 Å². The Morgan fingerprint density at radius 1 is 1.32 bits per heavy atom. The Kier molecular flexibility index (Phi) is 2.92. The zero-order chi connectivity index (χ0) is 13.2. The van der Waals surface area contributed by atoms with Crippen molar-refractivity contribution in [1.82, 2.24) is 15.2 Å². The second-order valence-corrected chi connectivity index (χ2v) is 4.89. The van der Waals surface area contributed by atoms with Crippen LogP contribution in [0.15, 0.2) is 35.7 Å². The van der Waals surface area contributed by atoms with Gasteiger partial charge in [0, 0.05) is 17.3 Å². The molecule has 0 atom stereocenters. The van der Waals surface area contributed by atoms with Crippen molar-refractivity contribution in [2.75, 3.05) is 12.8 Å². The summed E-state index contributed by atoms with van der Waals surface area (Å²) in [7, 11) is 1.61. The molecule has 19 heavy (non-hydrogen) atoms. The minimum absolute atomic E-state index is 0.587. The molecule has 3 N–H and O–H groups in total. The highest BCUT2D eigenvalue weighted by atomic mass is 32.1. The summed E-state index contributed by atoms with van der Waals surface area (Å²) in [5, 5.41) is 9.13. The molecular formula is C13H12N4OS. The molecule has 2 heterocycles. The molecule has 6 heteroatoms. The smallest absolute Gasteiger partial charge is 0.183 e. The molecule has 96 valence electrons. The van der Waals surface area contributed by atoms with E-state index in [0.29, 0.717) is 11.5 Å². The van der Waals surface area contributed by atoms with Gasteiger partial charge in [-0.05, 0) is 23.6 Å². The van der Waals surface area contributed by atoms with E-state index in [4.69, 9.17) is 10.5 Å². The van der Waals surface area contributed by atoms with Gasteiger partial charge in [0.05, 0.1) is 12.0 Å². The van der Waals surface area contributed by atoms with Crippen LogP contribution in [0, 0.1) is 0 Å². The van der Waals surface area contributed by atoms with Crippen LogP contribution in [0.1, 0.15) is 0 Å². The molecule has 1 aromatic carbocycles. The summed E-state index contributed by atoms with van der Waals surface area (Å²) in [5.41, 5.74) is 7.37. The van der Waals surface area contributed by atoms with Crippen LogP contribution < -0.4 is 10.5 Å². The zero-order valence-corrected chi connectivity index (χ0v) is 11.1. The van der Waals surface area contributed by atoms with Gasteiger partial charge in [0.15, 0.2) is 11.6 Å². The van der Waals surface area contributed by atoms with Crippen LogP contribution in [0.2, 0.25) is 0 Å². The molecule has 5 nitrogen and oxygen atoms in total. The molecule has 0 aliphatic rings. The molecule has 0 radical (unpaired) electrons. The first kappa shape index (κ1) is 11.7. The fourth-order valence-electron chi connectivity index (χ4n) is 1.78. The Bertz CT molecular complexity index is 690. The summed E-state index contributed by atoms with van der Waals surface area (Å²) in [5.74, 6) is 2.05. The molecule has 0 aliphatic heterocycles. The molecule has 0 saturated heterocycles. The van der Waals surface area contributed by atoms with Gasteiger partial charge in [0.1, 0.15) is 5.75 Å². The third-order valence-electron chi connectivity index (χ3n) is 2.74. The summed E-state index contributed by atoms with van der Waals surface area (Å²) >= 11 is 1.61. The third kappa shape index (κ3) is 2.17. The number of aromatic amines is 1. The highest BCUT2D eigenvalue weighted by molar-refractivity contribution is 7.13. The molecule has 0 spiro atoms. The van der Waals surface area contributed by atoms with E-state index in [1.165, 1.54) is 0 Å². The van der Waals surface area contributed by atoms with Crippen molar-refractivity contribution in [2.24, 2.45) is 0 Å². The summed E-state index contributed by atoms with van der Waals surface area (Å²) in [6.07, 6.45) is 0. The topological polar surface area (TPSA) is 76.8 Å². The molecule has 0 aliphatic carbocycles. The van der Waals surface area contributed by atoms with Gasteiger partial charge in [0.2, 0.25) is 0 Å². The summed E-state index contributed by atoms with van der Waals surface area (Å²) in [6.45, 7) is 0. The SMILES string of the molecule is COc1ccc(-c2n[nH]c(-c3cccs3)n2)c(N)c1. The quantitative estimate of drug-likeness (QED) is 0.719. The second kappa shape index (κ2) is 4.74. The van der Waals surface area contributed by atoms with Crippen molar-refractivity contribution in [2.45, 2.75) is 0 Å². The van der Waals surface area contributed by atoms with Gasteiger partial charge in [-0.3, -0.25) is 5.10 Å².